The van der Waals surface area contributed by atoms with Crippen molar-refractivity contribution in [1.82, 2.24) is 24.3 Å². The van der Waals surface area contributed by atoms with Gasteiger partial charge < -0.3 is 14.0 Å². The summed E-state index contributed by atoms with van der Waals surface area (Å²) in [6.45, 7) is 11.0. The van der Waals surface area contributed by atoms with Crippen molar-refractivity contribution < 1.29 is 19.1 Å². The van der Waals surface area contributed by atoms with Gasteiger partial charge in [0.15, 0.2) is 5.65 Å². The fourth-order valence-electron chi connectivity index (χ4n) is 3.78. The molecule has 0 aliphatic heterocycles. The van der Waals surface area contributed by atoms with E-state index in [1.54, 1.807) is 56.8 Å². The van der Waals surface area contributed by atoms with E-state index in [2.05, 4.69) is 21.6 Å². The maximum Gasteiger partial charge on any atom is 0.425 e. The van der Waals surface area contributed by atoms with Crippen LogP contribution in [0, 0.1) is 0 Å². The molecule has 0 radical (unpaired) electrons. The number of aromatic nitrogens is 5. The summed E-state index contributed by atoms with van der Waals surface area (Å²) in [6, 6.07) is 4.82. The highest BCUT2D eigenvalue weighted by atomic mass is 32.1. The Hall–Kier alpha value is -4.06. The number of unbranched alkanes of at least 4 members (excludes halogenated alkanes) is 1. The Labute approximate surface area is 223 Å². The zero-order chi connectivity index (χ0) is 27.6. The van der Waals surface area contributed by atoms with E-state index in [9.17, 15) is 14.4 Å². The van der Waals surface area contributed by atoms with Crippen LogP contribution in [0.5, 0.6) is 0 Å². The Kier molecular flexibility index (Phi) is 7.63. The third-order valence-corrected chi connectivity index (χ3v) is 6.61. The third kappa shape index (κ3) is 5.44. The van der Waals surface area contributed by atoms with Crippen LogP contribution in [0.25, 0.3) is 27.3 Å². The standard InChI is InChI=1S/C26H30N6O5S/c1-7-9-13-36-24(34)32(25(35)37-26(3,4)5)18-12-10-11-16(28-18)15-31-23(33)20-17(14-27-31)21-22(30(20)6)29-19(8-2)38-21/h8,10-12,14H,2,7,9,13,15H2,1,3-6H3. The van der Waals surface area contributed by atoms with Crippen LogP contribution in [-0.2, 0) is 23.1 Å². The van der Waals surface area contributed by atoms with Crippen molar-refractivity contribution in [2.75, 3.05) is 11.5 Å². The molecule has 2 amide bonds. The number of anilines is 1. The minimum atomic E-state index is -0.907. The second-order valence-electron chi connectivity index (χ2n) is 9.61. The fourth-order valence-corrected chi connectivity index (χ4v) is 4.73. The highest BCUT2D eigenvalue weighted by Gasteiger charge is 2.31. The predicted octanol–water partition coefficient (Wildman–Crippen LogP) is 5.11. The van der Waals surface area contributed by atoms with E-state index in [1.165, 1.54) is 22.1 Å². The lowest BCUT2D eigenvalue weighted by Crippen LogP contribution is -2.42. The van der Waals surface area contributed by atoms with Crippen molar-refractivity contribution in [3.63, 3.8) is 0 Å². The average molecular weight is 539 g/mol. The van der Waals surface area contributed by atoms with E-state index in [1.807, 2.05) is 6.92 Å². The molecule has 12 heteroatoms. The lowest BCUT2D eigenvalue weighted by atomic mass is 10.2. The van der Waals surface area contributed by atoms with Crippen molar-refractivity contribution in [3.05, 3.63) is 52.0 Å². The molecule has 0 fully saturated rings. The number of imide groups is 1. The van der Waals surface area contributed by atoms with E-state index in [0.717, 1.165) is 21.0 Å². The summed E-state index contributed by atoms with van der Waals surface area (Å²) in [5, 5.41) is 5.82. The van der Waals surface area contributed by atoms with Gasteiger partial charge in [-0.3, -0.25) is 4.79 Å². The van der Waals surface area contributed by atoms with Crippen LogP contribution in [0.2, 0.25) is 0 Å². The van der Waals surface area contributed by atoms with Gasteiger partial charge in [-0.25, -0.2) is 24.2 Å². The average Bonchev–Trinajstić information content (AvgIpc) is 3.39. The van der Waals surface area contributed by atoms with Gasteiger partial charge in [-0.2, -0.15) is 10.00 Å². The number of hydrogen-bond donors (Lipinski definition) is 0. The molecule has 11 nitrogen and oxygen atoms in total. The molecule has 0 unspecified atom stereocenters. The molecule has 0 bridgehead atoms. The van der Waals surface area contributed by atoms with Crippen LogP contribution in [0.1, 0.15) is 51.2 Å². The van der Waals surface area contributed by atoms with Gasteiger partial charge in [0, 0.05) is 12.4 Å². The van der Waals surface area contributed by atoms with Gasteiger partial charge in [0.1, 0.15) is 21.9 Å². The number of fused-ring (bicyclic) bond motifs is 3. The number of ether oxygens (including phenoxy) is 2. The first-order valence-electron chi connectivity index (χ1n) is 12.2. The largest absolute Gasteiger partial charge is 0.449 e. The number of aryl methyl sites for hydroxylation is 1. The Bertz CT molecular complexity index is 1580. The Morgan fingerprint density at radius 3 is 2.66 bits per heavy atom. The van der Waals surface area contributed by atoms with Gasteiger partial charge in [0.2, 0.25) is 0 Å². The lowest BCUT2D eigenvalue weighted by molar-refractivity contribution is 0.0566. The predicted molar refractivity (Wildman–Crippen MR) is 147 cm³/mol. The molecule has 200 valence electrons. The van der Waals surface area contributed by atoms with Crippen molar-refractivity contribution in [2.24, 2.45) is 7.05 Å². The van der Waals surface area contributed by atoms with Crippen molar-refractivity contribution in [2.45, 2.75) is 52.7 Å². The Morgan fingerprint density at radius 1 is 1.21 bits per heavy atom. The van der Waals surface area contributed by atoms with Crippen LogP contribution < -0.4 is 10.5 Å². The van der Waals surface area contributed by atoms with E-state index >= 15 is 0 Å². The molecule has 0 aromatic carbocycles. The van der Waals surface area contributed by atoms with E-state index in [-0.39, 0.29) is 24.5 Å². The molecular weight excluding hydrogens is 508 g/mol. The zero-order valence-electron chi connectivity index (χ0n) is 22.1. The van der Waals surface area contributed by atoms with Crippen LogP contribution in [0.4, 0.5) is 15.4 Å². The van der Waals surface area contributed by atoms with Crippen LogP contribution in [0.15, 0.2) is 35.8 Å². The summed E-state index contributed by atoms with van der Waals surface area (Å²) in [5.74, 6) is 0.0212. The molecule has 0 aliphatic rings. The first-order chi connectivity index (χ1) is 18.0. The summed E-state index contributed by atoms with van der Waals surface area (Å²) in [6.07, 6.45) is 2.99. The van der Waals surface area contributed by atoms with E-state index < -0.39 is 17.8 Å². The van der Waals surface area contributed by atoms with Gasteiger partial charge in [-0.15, -0.1) is 11.3 Å². The molecule has 4 heterocycles. The first kappa shape index (κ1) is 27.0. The SMILES string of the molecule is C=Cc1nc2c(s1)c1cnn(Cc3cccc(N(C(=O)OCCCC)C(=O)OC(C)(C)C)n3)c(=O)c1n2C. The van der Waals surface area contributed by atoms with Crippen LogP contribution in [-0.4, -0.2) is 48.7 Å². The number of hydrogen-bond acceptors (Lipinski definition) is 9. The van der Waals surface area contributed by atoms with Crippen molar-refractivity contribution >= 4 is 56.7 Å². The second kappa shape index (κ2) is 10.7. The summed E-state index contributed by atoms with van der Waals surface area (Å²) < 4.78 is 14.6. The lowest BCUT2D eigenvalue weighted by Gasteiger charge is -2.25. The molecule has 0 atom stereocenters. The minimum absolute atomic E-state index is 0.0137. The topological polar surface area (TPSA) is 121 Å². The number of amides is 2. The van der Waals surface area contributed by atoms with Gasteiger partial charge in [-0.05, 0) is 45.4 Å². The fraction of sp³-hybridized carbons (Fsp3) is 0.385. The Morgan fingerprint density at radius 2 is 1.97 bits per heavy atom. The normalized spacial score (nSPS) is 11.6. The summed E-state index contributed by atoms with van der Waals surface area (Å²) in [4.78, 5) is 48.9. The third-order valence-electron chi connectivity index (χ3n) is 5.53. The summed E-state index contributed by atoms with van der Waals surface area (Å²) in [7, 11) is 1.78. The molecule has 0 saturated heterocycles. The monoisotopic (exact) mass is 538 g/mol. The number of rotatable bonds is 7. The highest BCUT2D eigenvalue weighted by Crippen LogP contribution is 2.31. The maximum atomic E-state index is 13.4. The molecular formula is C26H30N6O5S. The molecule has 4 rings (SSSR count). The maximum absolute atomic E-state index is 13.4. The van der Waals surface area contributed by atoms with Crippen molar-refractivity contribution in [3.8, 4) is 0 Å². The quantitative estimate of drug-likeness (QED) is 0.298. The van der Waals surface area contributed by atoms with Gasteiger partial charge in [0.25, 0.3) is 5.56 Å². The van der Waals surface area contributed by atoms with Crippen LogP contribution in [0.3, 0.4) is 0 Å². The minimum Gasteiger partial charge on any atom is -0.449 e. The highest BCUT2D eigenvalue weighted by molar-refractivity contribution is 7.20. The molecule has 0 aliphatic carbocycles. The molecule has 4 aromatic rings. The van der Waals surface area contributed by atoms with E-state index in [4.69, 9.17) is 9.47 Å². The molecule has 0 saturated carbocycles. The summed E-state index contributed by atoms with van der Waals surface area (Å²) in [5.41, 5.74) is 0.412. The van der Waals surface area contributed by atoms with Gasteiger partial charge in [0.05, 0.1) is 29.7 Å². The van der Waals surface area contributed by atoms with E-state index in [0.29, 0.717) is 28.7 Å². The number of thiazole rings is 1. The molecule has 0 spiro atoms. The zero-order valence-corrected chi connectivity index (χ0v) is 22.9. The van der Waals surface area contributed by atoms with Gasteiger partial charge >= 0.3 is 12.2 Å². The number of pyridine rings is 1. The summed E-state index contributed by atoms with van der Waals surface area (Å²) >= 11 is 1.44. The smallest absolute Gasteiger partial charge is 0.425 e. The molecule has 0 N–H and O–H groups in total. The van der Waals surface area contributed by atoms with Gasteiger partial charge in [-0.1, -0.05) is 26.0 Å². The van der Waals surface area contributed by atoms with Crippen molar-refractivity contribution in [1.29, 1.82) is 0 Å². The Balaban J connectivity index is 1.68. The second-order valence-corrected chi connectivity index (χ2v) is 10.6. The molecule has 38 heavy (non-hydrogen) atoms. The number of nitrogens with zero attached hydrogens (tertiary/aromatic N) is 6. The number of carbonyl (C=O) groups excluding carboxylic acids is 2. The first-order valence-corrected chi connectivity index (χ1v) is 13.0. The van der Waals surface area contributed by atoms with Crippen LogP contribution >= 0.6 is 11.3 Å². The number of carbonyl (C=O) groups is 2. The molecule has 4 aromatic heterocycles.